The van der Waals surface area contributed by atoms with Gasteiger partial charge in [-0.1, -0.05) is 6.07 Å². The van der Waals surface area contributed by atoms with Gasteiger partial charge in [0.25, 0.3) is 0 Å². The fourth-order valence-corrected chi connectivity index (χ4v) is 4.54. The third kappa shape index (κ3) is 2.96. The summed E-state index contributed by atoms with van der Waals surface area (Å²) in [6, 6.07) is 3.90. The molecule has 0 spiro atoms. The van der Waals surface area contributed by atoms with E-state index in [-0.39, 0.29) is 12.6 Å². The summed E-state index contributed by atoms with van der Waals surface area (Å²) in [5.74, 6) is 0.309. The van der Waals surface area contributed by atoms with Crippen LogP contribution in [0.15, 0.2) is 33.6 Å². The number of ether oxygens (including phenoxy) is 1. The zero-order valence-corrected chi connectivity index (χ0v) is 14.0. The molecule has 23 heavy (non-hydrogen) atoms. The van der Waals surface area contributed by atoms with Gasteiger partial charge >= 0.3 is 5.97 Å². The quantitative estimate of drug-likeness (QED) is 0.643. The van der Waals surface area contributed by atoms with Gasteiger partial charge in [-0.2, -0.15) is 0 Å². The van der Waals surface area contributed by atoms with Crippen LogP contribution in [0.5, 0.6) is 0 Å². The van der Waals surface area contributed by atoms with E-state index in [4.69, 9.17) is 9.15 Å². The third-order valence-corrected chi connectivity index (χ3v) is 5.86. The van der Waals surface area contributed by atoms with Gasteiger partial charge in [-0.3, -0.25) is 0 Å². The fourth-order valence-electron chi connectivity index (χ4n) is 2.77. The highest BCUT2D eigenvalue weighted by molar-refractivity contribution is 7.13. The van der Waals surface area contributed by atoms with Crippen LogP contribution in [0.2, 0.25) is 0 Å². The van der Waals surface area contributed by atoms with Crippen molar-refractivity contribution in [2.75, 3.05) is 0 Å². The monoisotopic (exact) mass is 345 g/mol. The fraction of sp³-hybridized carbons (Fsp3) is 0.294. The first-order valence-electron chi connectivity index (χ1n) is 7.56. The zero-order valence-electron chi connectivity index (χ0n) is 12.4. The predicted molar refractivity (Wildman–Crippen MR) is 89.9 cm³/mol. The number of fused-ring (bicyclic) bond motifs is 1. The summed E-state index contributed by atoms with van der Waals surface area (Å²) < 4.78 is 10.9. The molecule has 0 fully saturated rings. The second kappa shape index (κ2) is 6.29. The van der Waals surface area contributed by atoms with Crippen molar-refractivity contribution in [2.45, 2.75) is 32.3 Å². The molecule has 0 amide bonds. The Labute approximate surface area is 141 Å². The molecule has 0 aromatic carbocycles. The topological polar surface area (TPSA) is 52.3 Å². The molecule has 0 saturated carbocycles. The number of hydrogen-bond acceptors (Lipinski definition) is 6. The van der Waals surface area contributed by atoms with E-state index in [1.54, 1.807) is 28.9 Å². The molecule has 4 rings (SSSR count). The van der Waals surface area contributed by atoms with E-state index >= 15 is 0 Å². The van der Waals surface area contributed by atoms with Gasteiger partial charge in [0.1, 0.15) is 18.6 Å². The van der Waals surface area contributed by atoms with E-state index in [0.717, 1.165) is 29.7 Å². The summed E-state index contributed by atoms with van der Waals surface area (Å²) in [6.07, 6.45) is 5.98. The van der Waals surface area contributed by atoms with Crippen molar-refractivity contribution >= 4 is 28.6 Å². The van der Waals surface area contributed by atoms with Crippen molar-refractivity contribution in [1.82, 2.24) is 4.98 Å². The number of hydrogen-bond donors (Lipinski definition) is 0. The summed E-state index contributed by atoms with van der Waals surface area (Å²) in [4.78, 5) is 19.0. The van der Waals surface area contributed by atoms with E-state index in [0.29, 0.717) is 11.6 Å². The van der Waals surface area contributed by atoms with Gasteiger partial charge in [0, 0.05) is 10.3 Å². The Hall–Kier alpha value is -1.92. The van der Waals surface area contributed by atoms with Gasteiger partial charge in [-0.15, -0.1) is 22.7 Å². The smallest absolute Gasteiger partial charge is 0.339 e. The summed E-state index contributed by atoms with van der Waals surface area (Å²) in [6.45, 7) is 0.137. The lowest BCUT2D eigenvalue weighted by atomic mass is 9.96. The highest BCUT2D eigenvalue weighted by Gasteiger charge is 2.21. The summed E-state index contributed by atoms with van der Waals surface area (Å²) in [5.41, 5.74) is 2.54. The molecular formula is C17H15NO3S2. The normalized spacial score (nSPS) is 13.7. The summed E-state index contributed by atoms with van der Waals surface area (Å²) >= 11 is 3.24. The third-order valence-electron chi connectivity index (χ3n) is 3.92. The van der Waals surface area contributed by atoms with Crippen molar-refractivity contribution in [2.24, 2.45) is 0 Å². The first-order chi connectivity index (χ1) is 11.3. The Morgan fingerprint density at radius 3 is 3.09 bits per heavy atom. The number of thiophene rings is 2. The van der Waals surface area contributed by atoms with Crippen LogP contribution in [0, 0.1) is 0 Å². The molecule has 0 N–H and O–H groups in total. The molecule has 0 aliphatic heterocycles. The molecule has 4 nitrogen and oxygen atoms in total. The van der Waals surface area contributed by atoms with Gasteiger partial charge in [0.2, 0.25) is 5.89 Å². The molecule has 0 bridgehead atoms. The molecule has 118 valence electrons. The number of oxazole rings is 1. The van der Waals surface area contributed by atoms with E-state index in [2.05, 4.69) is 4.98 Å². The lowest BCUT2D eigenvalue weighted by Gasteiger charge is -2.12. The summed E-state index contributed by atoms with van der Waals surface area (Å²) in [5, 5.41) is 3.90. The van der Waals surface area contributed by atoms with Crippen molar-refractivity contribution in [1.29, 1.82) is 0 Å². The van der Waals surface area contributed by atoms with E-state index in [1.165, 1.54) is 16.9 Å². The van der Waals surface area contributed by atoms with Crippen LogP contribution in [0.4, 0.5) is 0 Å². The minimum Gasteiger partial charge on any atom is -0.455 e. The van der Waals surface area contributed by atoms with Crippen LogP contribution in [-0.4, -0.2) is 11.0 Å². The Balaban J connectivity index is 1.43. The van der Waals surface area contributed by atoms with Crippen molar-refractivity contribution in [3.63, 3.8) is 0 Å². The lowest BCUT2D eigenvalue weighted by molar-refractivity contribution is 0.0467. The summed E-state index contributed by atoms with van der Waals surface area (Å²) in [7, 11) is 0. The van der Waals surface area contributed by atoms with E-state index < -0.39 is 0 Å². The minimum absolute atomic E-state index is 0.137. The molecule has 6 heteroatoms. The maximum absolute atomic E-state index is 12.3. The zero-order chi connectivity index (χ0) is 15.6. The highest BCUT2D eigenvalue weighted by atomic mass is 32.1. The molecule has 0 atom stereocenters. The average molecular weight is 345 g/mol. The molecule has 1 aliphatic carbocycles. The first-order valence-corrected chi connectivity index (χ1v) is 9.32. The van der Waals surface area contributed by atoms with E-state index in [9.17, 15) is 4.79 Å². The Bertz CT molecular complexity index is 817. The van der Waals surface area contributed by atoms with Gasteiger partial charge in [-0.25, -0.2) is 9.78 Å². The predicted octanol–water partition coefficient (Wildman–Crippen LogP) is 4.70. The first kappa shape index (κ1) is 14.7. The van der Waals surface area contributed by atoms with Crippen molar-refractivity contribution in [3.05, 3.63) is 50.9 Å². The van der Waals surface area contributed by atoms with Crippen molar-refractivity contribution < 1.29 is 13.9 Å². The largest absolute Gasteiger partial charge is 0.455 e. The van der Waals surface area contributed by atoms with E-state index in [1.807, 2.05) is 22.9 Å². The molecule has 0 radical (unpaired) electrons. The Morgan fingerprint density at radius 1 is 1.30 bits per heavy atom. The molecule has 1 aliphatic rings. The van der Waals surface area contributed by atoms with Crippen LogP contribution in [0.25, 0.3) is 10.8 Å². The van der Waals surface area contributed by atoms with Gasteiger partial charge in [0.15, 0.2) is 0 Å². The average Bonchev–Trinajstić information content (AvgIpc) is 3.31. The van der Waals surface area contributed by atoms with Crippen LogP contribution < -0.4 is 0 Å². The Morgan fingerprint density at radius 2 is 2.22 bits per heavy atom. The second-order valence-electron chi connectivity index (χ2n) is 5.46. The number of nitrogens with zero attached hydrogens (tertiary/aromatic N) is 1. The number of carbonyl (C=O) groups is 1. The number of aromatic nitrogens is 1. The lowest BCUT2D eigenvalue weighted by Crippen LogP contribution is -2.09. The van der Waals surface area contributed by atoms with Crippen LogP contribution in [0.1, 0.15) is 39.3 Å². The standard InChI is InChI=1S/C17H15NO3S2/c19-17(13-10-23-14-5-2-1-4-12(13)14)21-9-11-8-20-16(18-11)15-6-3-7-22-15/h3,6-8,10H,1-2,4-5,9H2. The number of aryl methyl sites for hydroxylation is 1. The molecule has 3 aromatic heterocycles. The Kier molecular flexibility index (Phi) is 4.01. The highest BCUT2D eigenvalue weighted by Crippen LogP contribution is 2.31. The van der Waals surface area contributed by atoms with Crippen LogP contribution in [-0.2, 0) is 24.2 Å². The maximum atomic E-state index is 12.3. The minimum atomic E-state index is -0.259. The van der Waals surface area contributed by atoms with Gasteiger partial charge in [0.05, 0.1) is 10.4 Å². The maximum Gasteiger partial charge on any atom is 0.339 e. The van der Waals surface area contributed by atoms with Gasteiger partial charge in [-0.05, 0) is 42.7 Å². The molecule has 0 saturated heterocycles. The second-order valence-corrected chi connectivity index (χ2v) is 7.37. The van der Waals surface area contributed by atoms with Crippen LogP contribution >= 0.6 is 22.7 Å². The molecule has 3 heterocycles. The molecule has 0 unspecified atom stereocenters. The number of esters is 1. The van der Waals surface area contributed by atoms with Gasteiger partial charge < -0.3 is 9.15 Å². The SMILES string of the molecule is O=C(OCc1coc(-c2cccs2)n1)c1csc2c1CCCC2. The molecular weight excluding hydrogens is 330 g/mol. The number of rotatable bonds is 4. The van der Waals surface area contributed by atoms with Crippen LogP contribution in [0.3, 0.4) is 0 Å². The molecule has 3 aromatic rings. The van der Waals surface area contributed by atoms with Crippen molar-refractivity contribution in [3.8, 4) is 10.8 Å². The number of carbonyl (C=O) groups excluding carboxylic acids is 1.